The first-order valence-electron chi connectivity index (χ1n) is 4.25. The smallest absolute Gasteiger partial charge is 0.185 e. The quantitative estimate of drug-likeness (QED) is 0.397. The van der Waals surface area contributed by atoms with Gasteiger partial charge in [0.2, 0.25) is 0 Å². The lowest BCUT2D eigenvalue weighted by Gasteiger charge is -1.92. The fourth-order valence-corrected chi connectivity index (χ4v) is 1.06. The van der Waals surface area contributed by atoms with Crippen molar-refractivity contribution in [3.05, 3.63) is 48.0 Å². The van der Waals surface area contributed by atoms with E-state index in [-0.39, 0.29) is 11.9 Å². The number of carbonyl (C=O) groups excluding carboxylic acids is 1. The van der Waals surface area contributed by atoms with E-state index in [9.17, 15) is 4.79 Å². The Morgan fingerprint density at radius 2 is 2.08 bits per heavy atom. The van der Waals surface area contributed by atoms with E-state index < -0.39 is 0 Å². The van der Waals surface area contributed by atoms with Gasteiger partial charge in [0.05, 0.1) is 12.7 Å². The third kappa shape index (κ3) is 2.26. The van der Waals surface area contributed by atoms with Crippen molar-refractivity contribution in [2.45, 2.75) is 6.10 Å². The summed E-state index contributed by atoms with van der Waals surface area (Å²) >= 11 is 0. The SMILES string of the molecule is O=C(/C=C/C1CO1)c1ccccc1. The van der Waals surface area contributed by atoms with E-state index >= 15 is 0 Å². The monoisotopic (exact) mass is 174 g/mol. The number of allylic oxidation sites excluding steroid dienone is 1. The first kappa shape index (κ1) is 8.20. The summed E-state index contributed by atoms with van der Waals surface area (Å²) in [6.07, 6.45) is 3.55. The first-order chi connectivity index (χ1) is 6.36. The summed E-state index contributed by atoms with van der Waals surface area (Å²) in [5, 5.41) is 0. The third-order valence-corrected chi connectivity index (χ3v) is 1.88. The number of benzene rings is 1. The molecule has 66 valence electrons. The van der Waals surface area contributed by atoms with Crippen molar-refractivity contribution in [3.63, 3.8) is 0 Å². The van der Waals surface area contributed by atoms with E-state index in [2.05, 4.69) is 0 Å². The van der Waals surface area contributed by atoms with Gasteiger partial charge >= 0.3 is 0 Å². The van der Waals surface area contributed by atoms with Crippen LogP contribution in [0.4, 0.5) is 0 Å². The minimum atomic E-state index is 0.0381. The number of carbonyl (C=O) groups is 1. The molecule has 1 atom stereocenters. The Bertz CT molecular complexity index is 323. The van der Waals surface area contributed by atoms with Crippen LogP contribution in [0.5, 0.6) is 0 Å². The van der Waals surface area contributed by atoms with Crippen molar-refractivity contribution in [1.82, 2.24) is 0 Å². The molecule has 0 N–H and O–H groups in total. The Kier molecular flexibility index (Phi) is 2.23. The van der Waals surface area contributed by atoms with Gasteiger partial charge in [-0.1, -0.05) is 30.3 Å². The molecule has 1 aromatic carbocycles. The maximum atomic E-state index is 11.4. The maximum absolute atomic E-state index is 11.4. The lowest BCUT2D eigenvalue weighted by atomic mass is 10.1. The van der Waals surface area contributed by atoms with Crippen LogP contribution in [0.2, 0.25) is 0 Å². The van der Waals surface area contributed by atoms with Crippen LogP contribution < -0.4 is 0 Å². The van der Waals surface area contributed by atoms with Crippen LogP contribution in [-0.2, 0) is 4.74 Å². The van der Waals surface area contributed by atoms with Crippen LogP contribution in [0.1, 0.15) is 10.4 Å². The molecular weight excluding hydrogens is 164 g/mol. The molecule has 1 saturated heterocycles. The lowest BCUT2D eigenvalue weighted by Crippen LogP contribution is -1.93. The van der Waals surface area contributed by atoms with Gasteiger partial charge in [-0.05, 0) is 12.2 Å². The standard InChI is InChI=1S/C11H10O2/c12-11(7-6-10-8-13-10)9-4-2-1-3-5-9/h1-7,10H,8H2/b7-6+. The Labute approximate surface area is 76.8 Å². The molecule has 0 radical (unpaired) electrons. The summed E-state index contributed by atoms with van der Waals surface area (Å²) in [7, 11) is 0. The van der Waals surface area contributed by atoms with Crippen LogP contribution >= 0.6 is 0 Å². The number of ether oxygens (including phenoxy) is 1. The largest absolute Gasteiger partial charge is 0.369 e. The van der Waals surface area contributed by atoms with Gasteiger partial charge in [-0.15, -0.1) is 0 Å². The molecule has 1 fully saturated rings. The van der Waals surface area contributed by atoms with Gasteiger partial charge in [-0.25, -0.2) is 0 Å². The summed E-state index contributed by atoms with van der Waals surface area (Å²) in [4.78, 5) is 11.4. The van der Waals surface area contributed by atoms with Gasteiger partial charge in [0.15, 0.2) is 5.78 Å². The highest BCUT2D eigenvalue weighted by Crippen LogP contribution is 2.10. The average molecular weight is 174 g/mol. The molecular formula is C11H10O2. The number of rotatable bonds is 3. The number of epoxide rings is 1. The van der Waals surface area contributed by atoms with Crippen molar-refractivity contribution < 1.29 is 9.53 Å². The zero-order valence-corrected chi connectivity index (χ0v) is 7.14. The second kappa shape index (κ2) is 3.54. The normalized spacial score (nSPS) is 20.5. The zero-order chi connectivity index (χ0) is 9.10. The van der Waals surface area contributed by atoms with Crippen molar-refractivity contribution in [1.29, 1.82) is 0 Å². The van der Waals surface area contributed by atoms with E-state index in [0.29, 0.717) is 0 Å². The van der Waals surface area contributed by atoms with E-state index in [4.69, 9.17) is 4.74 Å². The molecule has 0 aromatic heterocycles. The molecule has 2 rings (SSSR count). The summed E-state index contributed by atoms with van der Waals surface area (Å²) in [5.41, 5.74) is 0.722. The highest BCUT2D eigenvalue weighted by molar-refractivity contribution is 6.04. The summed E-state index contributed by atoms with van der Waals surface area (Å²) in [6.45, 7) is 0.749. The van der Waals surface area contributed by atoms with Crippen LogP contribution in [0.15, 0.2) is 42.5 Å². The minimum absolute atomic E-state index is 0.0381. The van der Waals surface area contributed by atoms with Crippen LogP contribution in [0, 0.1) is 0 Å². The summed E-state index contributed by atoms with van der Waals surface area (Å²) in [5.74, 6) is 0.0381. The Hall–Kier alpha value is -1.41. The van der Waals surface area contributed by atoms with Crippen molar-refractivity contribution >= 4 is 5.78 Å². The molecule has 1 heterocycles. The Balaban J connectivity index is 2.04. The summed E-state index contributed by atoms with van der Waals surface area (Å²) in [6, 6.07) is 9.22. The molecule has 0 bridgehead atoms. The van der Waals surface area contributed by atoms with Crippen LogP contribution in [-0.4, -0.2) is 18.5 Å². The molecule has 1 unspecified atom stereocenters. The molecule has 0 aliphatic carbocycles. The topological polar surface area (TPSA) is 29.6 Å². The van der Waals surface area contributed by atoms with E-state index in [0.717, 1.165) is 12.2 Å². The first-order valence-corrected chi connectivity index (χ1v) is 4.25. The maximum Gasteiger partial charge on any atom is 0.185 e. The van der Waals surface area contributed by atoms with E-state index in [1.165, 1.54) is 0 Å². The lowest BCUT2D eigenvalue weighted by molar-refractivity contribution is 0.104. The Morgan fingerprint density at radius 3 is 2.69 bits per heavy atom. The van der Waals surface area contributed by atoms with Crippen LogP contribution in [0.3, 0.4) is 0 Å². The Morgan fingerprint density at radius 1 is 1.38 bits per heavy atom. The number of hydrogen-bond acceptors (Lipinski definition) is 2. The van der Waals surface area contributed by atoms with Crippen molar-refractivity contribution in [2.24, 2.45) is 0 Å². The van der Waals surface area contributed by atoms with Gasteiger partial charge < -0.3 is 4.74 Å². The van der Waals surface area contributed by atoms with Gasteiger partial charge in [0.1, 0.15) is 0 Å². The van der Waals surface area contributed by atoms with E-state index in [1.54, 1.807) is 24.3 Å². The molecule has 0 saturated carbocycles. The predicted molar refractivity (Wildman–Crippen MR) is 49.7 cm³/mol. The number of ketones is 1. The van der Waals surface area contributed by atoms with Gasteiger partial charge in [-0.2, -0.15) is 0 Å². The van der Waals surface area contributed by atoms with Crippen molar-refractivity contribution in [2.75, 3.05) is 6.61 Å². The molecule has 1 aliphatic heterocycles. The highest BCUT2D eigenvalue weighted by Gasteiger charge is 2.18. The second-order valence-corrected chi connectivity index (χ2v) is 2.96. The van der Waals surface area contributed by atoms with E-state index in [1.807, 2.05) is 18.2 Å². The van der Waals surface area contributed by atoms with Crippen molar-refractivity contribution in [3.8, 4) is 0 Å². The second-order valence-electron chi connectivity index (χ2n) is 2.96. The molecule has 13 heavy (non-hydrogen) atoms. The number of hydrogen-bond donors (Lipinski definition) is 0. The average Bonchev–Trinajstić information content (AvgIpc) is 2.99. The fraction of sp³-hybridized carbons (Fsp3) is 0.182. The molecule has 0 spiro atoms. The van der Waals surface area contributed by atoms with Gasteiger partial charge in [-0.3, -0.25) is 4.79 Å². The van der Waals surface area contributed by atoms with Gasteiger partial charge in [0, 0.05) is 5.56 Å². The molecule has 2 nitrogen and oxygen atoms in total. The fourth-order valence-electron chi connectivity index (χ4n) is 1.06. The predicted octanol–water partition coefficient (Wildman–Crippen LogP) is 1.82. The molecule has 1 aliphatic rings. The zero-order valence-electron chi connectivity index (χ0n) is 7.14. The highest BCUT2D eigenvalue weighted by atomic mass is 16.6. The minimum Gasteiger partial charge on any atom is -0.369 e. The molecule has 2 heteroatoms. The summed E-state index contributed by atoms with van der Waals surface area (Å²) < 4.78 is 4.96. The van der Waals surface area contributed by atoms with Gasteiger partial charge in [0.25, 0.3) is 0 Å². The van der Waals surface area contributed by atoms with Crippen LogP contribution in [0.25, 0.3) is 0 Å². The molecule has 0 amide bonds. The third-order valence-electron chi connectivity index (χ3n) is 1.88. The molecule has 1 aromatic rings.